The van der Waals surface area contributed by atoms with Gasteiger partial charge >= 0.3 is 24.1 Å². The molecule has 0 aromatic heterocycles. The van der Waals surface area contributed by atoms with Gasteiger partial charge in [0.25, 0.3) is 0 Å². The zero-order chi connectivity index (χ0) is 40.4. The second-order valence-electron chi connectivity index (χ2n) is 17.8. The molecule has 0 radical (unpaired) electrons. The van der Waals surface area contributed by atoms with E-state index >= 15 is 0 Å². The van der Waals surface area contributed by atoms with Gasteiger partial charge in [-0.15, -0.1) is 0 Å². The van der Waals surface area contributed by atoms with Crippen molar-refractivity contribution in [2.45, 2.75) is 135 Å². The summed E-state index contributed by atoms with van der Waals surface area (Å²) in [5.41, 5.74) is 3.59. The van der Waals surface area contributed by atoms with E-state index in [1.54, 1.807) is 53.7 Å². The van der Waals surface area contributed by atoms with Crippen molar-refractivity contribution in [3.05, 3.63) is 58.7 Å². The van der Waals surface area contributed by atoms with Crippen LogP contribution >= 0.6 is 0 Å². The van der Waals surface area contributed by atoms with E-state index < -0.39 is 60.6 Å². The van der Waals surface area contributed by atoms with Gasteiger partial charge in [-0.1, -0.05) is 55.7 Å². The first kappa shape index (κ1) is 40.9. The van der Waals surface area contributed by atoms with Crippen LogP contribution in [0.3, 0.4) is 0 Å². The van der Waals surface area contributed by atoms with Crippen molar-refractivity contribution in [1.82, 2.24) is 9.80 Å². The number of hydrogen-bond acceptors (Lipinski definition) is 10. The molecule has 2 atom stereocenters. The summed E-state index contributed by atoms with van der Waals surface area (Å²) in [6, 6.07) is 9.35. The third kappa shape index (κ3) is 9.44. The Kier molecular flexibility index (Phi) is 12.0. The predicted molar refractivity (Wildman–Crippen MR) is 207 cm³/mol. The number of rotatable bonds is 9. The maximum Gasteiger partial charge on any atom is 0.411 e. The molecular formula is C44H56N2O10. The van der Waals surface area contributed by atoms with Gasteiger partial charge in [0.05, 0.1) is 0 Å². The molecule has 2 amide bonds. The summed E-state index contributed by atoms with van der Waals surface area (Å²) in [4.78, 5) is 81.2. The summed E-state index contributed by atoms with van der Waals surface area (Å²) in [5, 5.41) is 0. The van der Waals surface area contributed by atoms with Gasteiger partial charge in [-0.2, -0.15) is 0 Å². The van der Waals surface area contributed by atoms with Gasteiger partial charge in [-0.25, -0.2) is 19.2 Å². The second kappa shape index (κ2) is 16.4. The second-order valence-corrected chi connectivity index (χ2v) is 17.8. The molecule has 2 aromatic carbocycles. The number of Topliss-reactive ketones (excluding diaryl/α,β-unsaturated/α-hetero) is 2. The van der Waals surface area contributed by atoms with Crippen LogP contribution in [0.4, 0.5) is 9.59 Å². The minimum atomic E-state index is -0.793. The molecule has 0 bridgehead atoms. The molecule has 6 rings (SSSR count). The maximum absolute atomic E-state index is 13.8. The number of ether oxygens (including phenoxy) is 4. The monoisotopic (exact) mass is 772 g/mol. The maximum atomic E-state index is 13.8. The Bertz CT molecular complexity index is 1850. The Morgan fingerprint density at radius 1 is 0.625 bits per heavy atom. The summed E-state index contributed by atoms with van der Waals surface area (Å²) in [6.07, 6.45) is 8.27. The molecule has 1 saturated carbocycles. The van der Waals surface area contributed by atoms with Crippen molar-refractivity contribution >= 4 is 35.7 Å². The molecule has 12 heteroatoms. The van der Waals surface area contributed by atoms with Gasteiger partial charge in [0.15, 0.2) is 19.0 Å². The largest absolute Gasteiger partial charge is 0.456 e. The first-order valence-corrected chi connectivity index (χ1v) is 20.1. The molecule has 2 saturated heterocycles. The Balaban J connectivity index is 1.13. The molecule has 2 aromatic rings. The van der Waals surface area contributed by atoms with Gasteiger partial charge in [0.1, 0.15) is 23.3 Å². The lowest BCUT2D eigenvalue weighted by Crippen LogP contribution is -2.44. The van der Waals surface area contributed by atoms with Crippen LogP contribution in [-0.4, -0.2) is 95.1 Å². The minimum Gasteiger partial charge on any atom is -0.456 e. The van der Waals surface area contributed by atoms with Gasteiger partial charge < -0.3 is 18.9 Å². The van der Waals surface area contributed by atoms with Gasteiger partial charge in [0, 0.05) is 24.2 Å². The highest BCUT2D eigenvalue weighted by atomic mass is 16.6. The third-order valence-corrected chi connectivity index (χ3v) is 11.3. The summed E-state index contributed by atoms with van der Waals surface area (Å²) in [6.45, 7) is 10.5. The van der Waals surface area contributed by atoms with Crippen LogP contribution in [0.5, 0.6) is 0 Å². The fourth-order valence-corrected chi connectivity index (χ4v) is 8.66. The summed E-state index contributed by atoms with van der Waals surface area (Å²) < 4.78 is 21.9. The van der Waals surface area contributed by atoms with Crippen molar-refractivity contribution in [3.8, 4) is 11.1 Å². The van der Waals surface area contributed by atoms with Crippen molar-refractivity contribution in [2.75, 3.05) is 26.3 Å². The van der Waals surface area contributed by atoms with E-state index in [0.29, 0.717) is 49.9 Å². The number of carbonyl (C=O) groups excluding carboxylic acids is 6. The number of amides is 2. The highest BCUT2D eigenvalue weighted by molar-refractivity contribution is 6.01. The number of esters is 2. The lowest BCUT2D eigenvalue weighted by Gasteiger charge is -2.33. The normalized spacial score (nSPS) is 20.4. The molecule has 56 heavy (non-hydrogen) atoms. The quantitative estimate of drug-likeness (QED) is 0.142. The molecule has 2 aliphatic heterocycles. The molecule has 12 nitrogen and oxygen atoms in total. The van der Waals surface area contributed by atoms with Gasteiger partial charge in [-0.3, -0.25) is 19.4 Å². The lowest BCUT2D eigenvalue weighted by molar-refractivity contribution is -0.148. The van der Waals surface area contributed by atoms with Crippen LogP contribution in [0.25, 0.3) is 11.1 Å². The fourth-order valence-electron chi connectivity index (χ4n) is 8.66. The minimum absolute atomic E-state index is 0.0678. The summed E-state index contributed by atoms with van der Waals surface area (Å²) in [7, 11) is 0. The molecule has 3 fully saturated rings. The zero-order valence-corrected chi connectivity index (χ0v) is 33.7. The smallest absolute Gasteiger partial charge is 0.411 e. The average Bonchev–Trinajstić information content (AvgIpc) is 3.91. The molecule has 4 aliphatic rings. The summed E-state index contributed by atoms with van der Waals surface area (Å²) >= 11 is 0. The van der Waals surface area contributed by atoms with Crippen LogP contribution < -0.4 is 0 Å². The predicted octanol–water partition coefficient (Wildman–Crippen LogP) is 7.65. The number of ketones is 2. The highest BCUT2D eigenvalue weighted by Gasteiger charge is 2.42. The van der Waals surface area contributed by atoms with Crippen molar-refractivity contribution in [3.63, 3.8) is 0 Å². The van der Waals surface area contributed by atoms with Gasteiger partial charge in [0.2, 0.25) is 5.78 Å². The third-order valence-electron chi connectivity index (χ3n) is 11.3. The molecular weight excluding hydrogens is 716 g/mol. The van der Waals surface area contributed by atoms with E-state index in [2.05, 4.69) is 0 Å². The number of fused-ring (bicyclic) bond motifs is 1. The number of hydrogen-bond donors (Lipinski definition) is 0. The molecule has 0 unspecified atom stereocenters. The first-order chi connectivity index (χ1) is 26.4. The Hall–Kier alpha value is -4.74. The van der Waals surface area contributed by atoms with Crippen LogP contribution in [0.15, 0.2) is 36.4 Å². The van der Waals surface area contributed by atoms with E-state index in [4.69, 9.17) is 18.9 Å². The number of benzene rings is 2. The average molecular weight is 773 g/mol. The lowest BCUT2D eigenvalue weighted by atomic mass is 9.72. The topological polar surface area (TPSA) is 146 Å². The van der Waals surface area contributed by atoms with E-state index in [9.17, 15) is 28.8 Å². The summed E-state index contributed by atoms with van der Waals surface area (Å²) in [5.74, 6) is -1.88. The van der Waals surface area contributed by atoms with Crippen LogP contribution in [0.2, 0.25) is 0 Å². The van der Waals surface area contributed by atoms with Crippen LogP contribution in [-0.2, 0) is 41.4 Å². The van der Waals surface area contributed by atoms with Crippen LogP contribution in [0, 0.1) is 5.41 Å². The zero-order valence-electron chi connectivity index (χ0n) is 33.7. The highest BCUT2D eigenvalue weighted by Crippen LogP contribution is 2.50. The van der Waals surface area contributed by atoms with E-state index in [-0.39, 0.29) is 17.0 Å². The molecule has 1 spiro atoms. The number of likely N-dealkylation sites (tertiary alicyclic amines) is 2. The standard InChI is InChI=1S/C44H56N2O10/c1-42(2,3)55-40(51)45-22-10-12-34(45)38(49)53-26-36(47)29-16-14-28(15-17-29)30-18-19-31(33-25-44(24-32(30)33)20-8-7-9-21-44)37(48)27-54-39(50)35-13-11-23-46(35)41(52)56-43(4,5)6/h14-19,34-35H,7-13,20-27H2,1-6H3/t34-,35-/m0/s1. The SMILES string of the molecule is CC(C)(C)OC(=O)N1CCC[C@H]1C(=O)OCC(=O)c1ccc(-c2ccc(C(=O)COC(=O)[C@@H]3CCCN3C(=O)OC(C)(C)C)c3c2CC2(CCCCC2)C3)cc1. The number of nitrogens with zero attached hydrogens (tertiary/aromatic N) is 2. The Morgan fingerprint density at radius 3 is 1.64 bits per heavy atom. The fraction of sp³-hybridized carbons (Fsp3) is 0.591. The molecule has 2 heterocycles. The molecule has 0 N–H and O–H groups in total. The molecule has 2 aliphatic carbocycles. The van der Waals surface area contributed by atoms with Crippen molar-refractivity contribution < 1.29 is 47.7 Å². The van der Waals surface area contributed by atoms with Crippen molar-refractivity contribution in [1.29, 1.82) is 0 Å². The van der Waals surface area contributed by atoms with E-state index in [1.807, 2.05) is 24.3 Å². The van der Waals surface area contributed by atoms with Crippen molar-refractivity contribution in [2.24, 2.45) is 5.41 Å². The Morgan fingerprint density at radius 2 is 1.12 bits per heavy atom. The molecule has 302 valence electrons. The van der Waals surface area contributed by atoms with Crippen LogP contribution in [0.1, 0.15) is 131 Å². The number of carbonyl (C=O) groups is 6. The van der Waals surface area contributed by atoms with Gasteiger partial charge in [-0.05, 0) is 121 Å². The van der Waals surface area contributed by atoms with E-state index in [0.717, 1.165) is 60.8 Å². The first-order valence-electron chi connectivity index (χ1n) is 20.1. The van der Waals surface area contributed by atoms with E-state index in [1.165, 1.54) is 16.2 Å². The Labute approximate surface area is 329 Å².